The van der Waals surface area contributed by atoms with Crippen LogP contribution >= 0.6 is 0 Å². The molecule has 0 unspecified atom stereocenters. The van der Waals surface area contributed by atoms with Crippen molar-refractivity contribution >= 4 is 32.7 Å². The number of aliphatic hydroxyl groups is 8. The van der Waals surface area contributed by atoms with Gasteiger partial charge in [-0.05, 0) is 13.8 Å². The Hall–Kier alpha value is -1.92. The highest BCUT2D eigenvalue weighted by molar-refractivity contribution is 7.81. The lowest BCUT2D eigenvalue weighted by molar-refractivity contribution is -0.386. The van der Waals surface area contributed by atoms with Crippen molar-refractivity contribution in [2.45, 2.75) is 144 Å². The Morgan fingerprint density at radius 3 is 1.62 bits per heavy atom. The largest absolute Gasteiger partial charge is 0.479 e. The molecule has 55 heavy (non-hydrogen) atoms. The minimum atomic E-state index is -5.53. The van der Waals surface area contributed by atoms with Crippen LogP contribution in [0.4, 0.5) is 0 Å². The smallest absolute Gasteiger partial charge is 0.397 e. The first kappa shape index (κ1) is 45.8. The van der Waals surface area contributed by atoms with Gasteiger partial charge in [-0.2, -0.15) is 16.8 Å². The van der Waals surface area contributed by atoms with E-state index in [2.05, 4.69) is 13.7 Å². The van der Waals surface area contributed by atoms with Gasteiger partial charge < -0.3 is 84.4 Å². The second-order valence-electron chi connectivity index (χ2n) is 12.9. The van der Waals surface area contributed by atoms with Gasteiger partial charge in [0.15, 0.2) is 31.3 Å². The maximum absolute atomic E-state index is 12.2. The van der Waals surface area contributed by atoms with Crippen LogP contribution in [0.3, 0.4) is 0 Å². The van der Waals surface area contributed by atoms with Crippen LogP contribution < -0.4 is 5.32 Å². The summed E-state index contributed by atoms with van der Waals surface area (Å²) in [6, 6.07) is -1.66. The third kappa shape index (κ3) is 10.8. The third-order valence-electron chi connectivity index (χ3n) is 8.91. The lowest BCUT2D eigenvalue weighted by Crippen LogP contribution is -2.69. The van der Waals surface area contributed by atoms with Crippen molar-refractivity contribution in [2.24, 2.45) is 0 Å². The first-order valence-corrected chi connectivity index (χ1v) is 18.8. The fourth-order valence-electron chi connectivity index (χ4n) is 6.26. The molecule has 0 radical (unpaired) electrons. The van der Waals surface area contributed by atoms with Gasteiger partial charge >= 0.3 is 26.8 Å². The predicted octanol–water partition coefficient (Wildman–Crippen LogP) is -7.80. The first-order chi connectivity index (χ1) is 25.3. The van der Waals surface area contributed by atoms with Crippen LogP contribution in [-0.2, 0) is 71.9 Å². The topological polar surface area (TPSA) is 420 Å². The van der Waals surface area contributed by atoms with Crippen molar-refractivity contribution in [1.82, 2.24) is 5.32 Å². The second-order valence-corrected chi connectivity index (χ2v) is 15.0. The normalized spacial score (nSPS) is 45.8. The average molecular weight is 850 g/mol. The number of aliphatic carboxylic acids is 1. The molecule has 0 aromatic carbocycles. The zero-order chi connectivity index (χ0) is 41.5. The van der Waals surface area contributed by atoms with Crippen molar-refractivity contribution in [3.8, 4) is 0 Å². The SMILES string of the molecule is CC(=O)N[C@@H]1[C@@H](O[C@@H]2O[C@H](C(=O)O)[C@@H](O)[C@H](O[C@@H]3O[C@@H](C)[C@@H](O)[C@@H](OS(=O)(=O)O)[C@@H]3O[C@@H]3O[C@@H](C)[C@@H](O)[C@@H](OS(=O)(=O)O)[C@@H]3O)[C@H]2O)[C@@H](O)[C@@H](CO)O[C@H]1O. The monoisotopic (exact) mass is 849 g/mol. The summed E-state index contributed by atoms with van der Waals surface area (Å²) < 4.78 is 112. The number of hydrogen-bond acceptors (Lipinski definition) is 23. The Balaban J connectivity index is 1.71. The van der Waals surface area contributed by atoms with Crippen LogP contribution in [0.5, 0.6) is 0 Å². The molecule has 0 aromatic heterocycles. The maximum atomic E-state index is 12.2. The number of carbonyl (C=O) groups is 2. The van der Waals surface area contributed by atoms with E-state index < -0.39 is 162 Å². The van der Waals surface area contributed by atoms with Crippen LogP contribution in [0.2, 0.25) is 0 Å². The molecule has 320 valence electrons. The third-order valence-corrected chi connectivity index (χ3v) is 9.84. The second kappa shape index (κ2) is 17.9. The minimum absolute atomic E-state index is 0.800. The van der Waals surface area contributed by atoms with Gasteiger partial charge in [0, 0.05) is 6.92 Å². The van der Waals surface area contributed by atoms with Crippen molar-refractivity contribution in [1.29, 1.82) is 0 Å². The summed E-state index contributed by atoms with van der Waals surface area (Å²) in [5, 5.41) is 97.5. The molecule has 4 rings (SSSR count). The first-order valence-electron chi connectivity index (χ1n) is 16.1. The number of carbonyl (C=O) groups excluding carboxylic acids is 1. The van der Waals surface area contributed by atoms with Gasteiger partial charge in [-0.1, -0.05) is 0 Å². The van der Waals surface area contributed by atoms with Crippen LogP contribution in [0.1, 0.15) is 20.8 Å². The van der Waals surface area contributed by atoms with Gasteiger partial charge in [0.2, 0.25) is 5.91 Å². The zero-order valence-corrected chi connectivity index (χ0v) is 30.2. The van der Waals surface area contributed by atoms with E-state index in [-0.39, 0.29) is 0 Å². The lowest BCUT2D eigenvalue weighted by Gasteiger charge is -2.49. The van der Waals surface area contributed by atoms with E-state index in [4.69, 9.17) is 33.2 Å². The number of hydrogen-bond donors (Lipinski definition) is 12. The Bertz CT molecular complexity index is 1550. The molecule has 0 spiro atoms. The van der Waals surface area contributed by atoms with Crippen molar-refractivity contribution < 1.29 is 123 Å². The van der Waals surface area contributed by atoms with Crippen LogP contribution in [0.15, 0.2) is 0 Å². The number of nitrogens with one attached hydrogen (secondary N) is 1. The minimum Gasteiger partial charge on any atom is -0.479 e. The van der Waals surface area contributed by atoms with E-state index in [0.717, 1.165) is 20.8 Å². The number of ether oxygens (including phenoxy) is 7. The van der Waals surface area contributed by atoms with Crippen LogP contribution in [0, 0.1) is 0 Å². The molecule has 4 aliphatic rings. The molecule has 29 heteroatoms. The summed E-state index contributed by atoms with van der Waals surface area (Å²) in [6.45, 7) is 2.29. The van der Waals surface area contributed by atoms with Crippen molar-refractivity contribution in [3.63, 3.8) is 0 Å². The van der Waals surface area contributed by atoms with Gasteiger partial charge in [0.05, 0.1) is 18.8 Å². The summed E-state index contributed by atoms with van der Waals surface area (Å²) in [7, 11) is -10.9. The molecular weight excluding hydrogens is 806 g/mol. The van der Waals surface area contributed by atoms with Crippen LogP contribution in [0.25, 0.3) is 0 Å². The van der Waals surface area contributed by atoms with E-state index >= 15 is 0 Å². The Morgan fingerprint density at radius 1 is 0.618 bits per heavy atom. The summed E-state index contributed by atoms with van der Waals surface area (Å²) in [6.07, 6.45) is -39.8. The number of carboxylic acids is 1. The predicted molar refractivity (Wildman–Crippen MR) is 164 cm³/mol. The lowest BCUT2D eigenvalue weighted by atomic mass is 9.95. The molecule has 0 saturated carbocycles. The number of rotatable bonds is 13. The summed E-state index contributed by atoms with van der Waals surface area (Å²) in [4.78, 5) is 24.1. The summed E-state index contributed by atoms with van der Waals surface area (Å²) >= 11 is 0. The Kier molecular flexibility index (Phi) is 14.9. The van der Waals surface area contributed by atoms with E-state index in [0.29, 0.717) is 0 Å². The summed E-state index contributed by atoms with van der Waals surface area (Å²) in [5.41, 5.74) is 0. The van der Waals surface area contributed by atoms with Gasteiger partial charge in [0.1, 0.15) is 79.3 Å². The fraction of sp³-hybridized carbons (Fsp3) is 0.923. The van der Waals surface area contributed by atoms with Gasteiger partial charge in [-0.15, -0.1) is 0 Å². The number of amides is 1. The molecule has 4 aliphatic heterocycles. The molecule has 0 aliphatic carbocycles. The molecule has 4 heterocycles. The molecular formula is C26H43NO26S2. The van der Waals surface area contributed by atoms with E-state index in [1.165, 1.54) is 0 Å². The van der Waals surface area contributed by atoms with E-state index in [9.17, 15) is 81.5 Å². The zero-order valence-electron chi connectivity index (χ0n) is 28.6. The fourth-order valence-corrected chi connectivity index (χ4v) is 7.28. The average Bonchev–Trinajstić information content (AvgIpc) is 3.06. The molecule has 20 atom stereocenters. The molecule has 4 saturated heterocycles. The quantitative estimate of drug-likeness (QED) is 0.0766. The molecule has 27 nitrogen and oxygen atoms in total. The molecule has 1 amide bonds. The highest BCUT2D eigenvalue weighted by atomic mass is 32.3. The molecule has 4 fully saturated rings. The Morgan fingerprint density at radius 2 is 1.09 bits per heavy atom. The maximum Gasteiger partial charge on any atom is 0.397 e. The number of carboxylic acid groups (broad SMARTS) is 1. The standard InChI is InChI=1S/C26H43NO26S2/c1-5-10(30)18(52-54(39,40)41)15(35)24(45-5)51-21-19(53-55(42,43)44)11(31)6(2)46-26(21)49-17-13(33)20(22(36)37)50-25(14(17)34)48-16-9(27-7(3)29)23(38)47-8(4-28)12(16)32/h5-6,8-21,23-26,28,30-35,38H,4H2,1-3H3,(H,27,29)(H,36,37)(H,39,40,41)(H,42,43,44)/t5-,6-,8+,9+,10+,11+,12-,13-,14+,15-,16+,17-,18+,19+,20-,21-,23+,24-,25+,26-/m0/s1. The highest BCUT2D eigenvalue weighted by Gasteiger charge is 2.57. The number of aliphatic hydroxyl groups excluding tert-OH is 8. The van der Waals surface area contributed by atoms with Gasteiger partial charge in [-0.25, -0.2) is 13.2 Å². The van der Waals surface area contributed by atoms with Gasteiger partial charge in [-0.3, -0.25) is 13.9 Å². The summed E-state index contributed by atoms with van der Waals surface area (Å²) in [5.74, 6) is -2.71. The van der Waals surface area contributed by atoms with E-state index in [1.54, 1.807) is 0 Å². The van der Waals surface area contributed by atoms with Crippen molar-refractivity contribution in [2.75, 3.05) is 6.61 Å². The van der Waals surface area contributed by atoms with E-state index in [1.807, 2.05) is 0 Å². The molecule has 0 aromatic rings. The molecule has 12 N–H and O–H groups in total. The Labute approximate surface area is 311 Å². The van der Waals surface area contributed by atoms with Crippen LogP contribution in [-0.4, -0.2) is 213 Å². The highest BCUT2D eigenvalue weighted by Crippen LogP contribution is 2.36. The van der Waals surface area contributed by atoms with Gasteiger partial charge in [0.25, 0.3) is 0 Å². The molecule has 0 bridgehead atoms. The van der Waals surface area contributed by atoms with Crippen molar-refractivity contribution in [3.05, 3.63) is 0 Å².